The van der Waals surface area contributed by atoms with Gasteiger partial charge in [0.15, 0.2) is 0 Å². The summed E-state index contributed by atoms with van der Waals surface area (Å²) in [5.74, 6) is 0.311. The summed E-state index contributed by atoms with van der Waals surface area (Å²) in [5, 5.41) is 12.0. The van der Waals surface area contributed by atoms with Gasteiger partial charge in [-0.05, 0) is 24.6 Å². The molecule has 0 unspecified atom stereocenters. The van der Waals surface area contributed by atoms with Gasteiger partial charge in [-0.3, -0.25) is 4.79 Å². The number of benzene rings is 1. The van der Waals surface area contributed by atoms with Crippen molar-refractivity contribution in [2.45, 2.75) is 13.5 Å². The summed E-state index contributed by atoms with van der Waals surface area (Å²) in [6, 6.07) is 9.26. The van der Waals surface area contributed by atoms with E-state index >= 15 is 0 Å². The lowest BCUT2D eigenvalue weighted by Crippen LogP contribution is -2.47. The van der Waals surface area contributed by atoms with Crippen LogP contribution >= 0.6 is 0 Å². The maximum atomic E-state index is 12.3. The van der Waals surface area contributed by atoms with Gasteiger partial charge in [-0.15, -0.1) is 0 Å². The number of nitrogens with one attached hydrogen (secondary N) is 1. The predicted octanol–water partition coefficient (Wildman–Crippen LogP) is 1.49. The predicted molar refractivity (Wildman–Crippen MR) is 98.7 cm³/mol. The van der Waals surface area contributed by atoms with Crippen LogP contribution < -0.4 is 10.1 Å². The van der Waals surface area contributed by atoms with Crippen molar-refractivity contribution in [3.05, 3.63) is 41.6 Å². The Kier molecular flexibility index (Phi) is 7.49. The molecule has 0 spiro atoms. The summed E-state index contributed by atoms with van der Waals surface area (Å²) in [5.41, 5.74) is 0.942. The smallest absolute Gasteiger partial charge is 0.409 e. The zero-order chi connectivity index (χ0) is 19.6. The third kappa shape index (κ3) is 5.92. The van der Waals surface area contributed by atoms with Crippen LogP contribution in [0.4, 0.5) is 4.79 Å². The molecule has 1 N–H and O–H groups in total. The zero-order valence-corrected chi connectivity index (χ0v) is 15.6. The van der Waals surface area contributed by atoms with Gasteiger partial charge in [0, 0.05) is 38.9 Å². The quantitative estimate of drug-likeness (QED) is 0.601. The highest BCUT2D eigenvalue weighted by Crippen LogP contribution is 2.11. The molecule has 144 valence electrons. The van der Waals surface area contributed by atoms with Gasteiger partial charge in [0.25, 0.3) is 5.91 Å². The minimum atomic E-state index is -0.429. The molecule has 1 saturated heterocycles. The summed E-state index contributed by atoms with van der Waals surface area (Å²) in [4.78, 5) is 27.4. The summed E-state index contributed by atoms with van der Waals surface area (Å²) in [7, 11) is 1.59. The third-order valence-corrected chi connectivity index (χ3v) is 4.13. The first-order valence-electron chi connectivity index (χ1n) is 8.76. The van der Waals surface area contributed by atoms with Crippen LogP contribution in [0.1, 0.15) is 12.5 Å². The molecule has 0 bridgehead atoms. The van der Waals surface area contributed by atoms with E-state index in [-0.39, 0.29) is 11.7 Å². The molecule has 0 aromatic heterocycles. The first-order valence-corrected chi connectivity index (χ1v) is 8.76. The number of ether oxygens (including phenoxy) is 2. The number of carbonyl (C=O) groups is 2. The lowest BCUT2D eigenvalue weighted by Gasteiger charge is -2.33. The van der Waals surface area contributed by atoms with Gasteiger partial charge >= 0.3 is 6.09 Å². The largest absolute Gasteiger partial charge is 0.497 e. The summed E-state index contributed by atoms with van der Waals surface area (Å²) >= 11 is 0. The van der Waals surface area contributed by atoms with Crippen molar-refractivity contribution < 1.29 is 19.1 Å². The van der Waals surface area contributed by atoms with Crippen molar-refractivity contribution >= 4 is 12.0 Å². The number of hydrogen-bond acceptors (Lipinski definition) is 6. The molecule has 8 heteroatoms. The average Bonchev–Trinajstić information content (AvgIpc) is 2.71. The zero-order valence-electron chi connectivity index (χ0n) is 15.6. The second-order valence-electron chi connectivity index (χ2n) is 5.91. The molecule has 2 rings (SSSR count). The number of methoxy groups -OCH3 is 1. The minimum Gasteiger partial charge on any atom is -0.497 e. The van der Waals surface area contributed by atoms with E-state index in [1.165, 1.54) is 0 Å². The number of nitriles is 1. The fourth-order valence-electron chi connectivity index (χ4n) is 2.59. The van der Waals surface area contributed by atoms with Crippen LogP contribution in [0.25, 0.3) is 0 Å². The van der Waals surface area contributed by atoms with E-state index < -0.39 is 5.91 Å². The maximum Gasteiger partial charge on any atom is 0.409 e. The van der Waals surface area contributed by atoms with Gasteiger partial charge in [0.1, 0.15) is 17.4 Å². The number of amides is 2. The molecule has 1 heterocycles. The van der Waals surface area contributed by atoms with Gasteiger partial charge in [0.05, 0.1) is 13.7 Å². The minimum absolute atomic E-state index is 0.0353. The second-order valence-corrected chi connectivity index (χ2v) is 5.91. The summed E-state index contributed by atoms with van der Waals surface area (Å²) < 4.78 is 10.1. The normalized spacial score (nSPS) is 14.3. The van der Waals surface area contributed by atoms with Crippen LogP contribution in [0, 0.1) is 11.3 Å². The Bertz CT molecular complexity index is 716. The van der Waals surface area contributed by atoms with Crippen LogP contribution in [-0.4, -0.2) is 61.7 Å². The maximum absolute atomic E-state index is 12.3. The van der Waals surface area contributed by atoms with E-state index in [1.54, 1.807) is 25.1 Å². The number of piperazine rings is 1. The molecular formula is C19H24N4O4. The number of rotatable bonds is 6. The molecule has 1 aromatic carbocycles. The summed E-state index contributed by atoms with van der Waals surface area (Å²) in [6.07, 6.45) is 1.21. The molecular weight excluding hydrogens is 348 g/mol. The Labute approximate surface area is 158 Å². The van der Waals surface area contributed by atoms with Crippen molar-refractivity contribution in [1.82, 2.24) is 15.1 Å². The fraction of sp³-hybridized carbons (Fsp3) is 0.421. The number of nitrogens with zero attached hydrogens (tertiary/aromatic N) is 3. The Morgan fingerprint density at radius 1 is 1.22 bits per heavy atom. The molecule has 1 aliphatic rings. The average molecular weight is 372 g/mol. The van der Waals surface area contributed by atoms with Crippen molar-refractivity contribution in [2.75, 3.05) is 39.9 Å². The molecule has 8 nitrogen and oxygen atoms in total. The lowest BCUT2D eigenvalue weighted by molar-refractivity contribution is -0.117. The molecule has 1 aromatic rings. The monoisotopic (exact) mass is 372 g/mol. The van der Waals surface area contributed by atoms with Crippen molar-refractivity contribution in [2.24, 2.45) is 0 Å². The van der Waals surface area contributed by atoms with E-state index in [0.717, 1.165) is 11.3 Å². The molecule has 0 saturated carbocycles. The SMILES string of the molecule is CCOC(=O)N1CCN(C=C(C#N)C(=O)NCc2ccc(OC)cc2)CC1. The van der Waals surface area contributed by atoms with Crippen LogP contribution in [0.15, 0.2) is 36.0 Å². The fourth-order valence-corrected chi connectivity index (χ4v) is 2.59. The first kappa shape index (κ1) is 20.1. The van der Waals surface area contributed by atoms with E-state index in [2.05, 4.69) is 5.32 Å². The van der Waals surface area contributed by atoms with Crippen molar-refractivity contribution in [3.63, 3.8) is 0 Å². The van der Waals surface area contributed by atoms with Gasteiger partial charge in [-0.25, -0.2) is 4.79 Å². The van der Waals surface area contributed by atoms with E-state index in [4.69, 9.17) is 9.47 Å². The van der Waals surface area contributed by atoms with Gasteiger partial charge in [-0.1, -0.05) is 12.1 Å². The Hall–Kier alpha value is -3.21. The number of hydrogen-bond donors (Lipinski definition) is 1. The van der Waals surface area contributed by atoms with Crippen LogP contribution in [0.2, 0.25) is 0 Å². The first-order chi connectivity index (χ1) is 13.1. The van der Waals surface area contributed by atoms with Gasteiger partial charge < -0.3 is 24.6 Å². The molecule has 1 aliphatic heterocycles. The third-order valence-electron chi connectivity index (χ3n) is 4.13. The Morgan fingerprint density at radius 2 is 1.89 bits per heavy atom. The van der Waals surface area contributed by atoms with Crippen LogP contribution in [0.5, 0.6) is 5.75 Å². The highest BCUT2D eigenvalue weighted by atomic mass is 16.6. The van der Waals surface area contributed by atoms with Crippen molar-refractivity contribution in [1.29, 1.82) is 5.26 Å². The second kappa shape index (κ2) is 10.1. The number of carbonyl (C=O) groups excluding carboxylic acids is 2. The van der Waals surface area contributed by atoms with Gasteiger partial charge in [-0.2, -0.15) is 5.26 Å². The van der Waals surface area contributed by atoms with E-state index in [1.807, 2.05) is 35.2 Å². The molecule has 1 fully saturated rings. The Balaban J connectivity index is 1.87. The van der Waals surface area contributed by atoms with Crippen molar-refractivity contribution in [3.8, 4) is 11.8 Å². The van der Waals surface area contributed by atoms with Gasteiger partial charge in [0.2, 0.25) is 0 Å². The molecule has 0 radical (unpaired) electrons. The lowest BCUT2D eigenvalue weighted by atomic mass is 10.2. The molecule has 2 amide bonds. The Morgan fingerprint density at radius 3 is 2.44 bits per heavy atom. The standard InChI is InChI=1S/C19H24N4O4/c1-3-27-19(25)23-10-8-22(9-11-23)14-16(12-20)18(24)21-13-15-4-6-17(26-2)7-5-15/h4-7,14H,3,8-11,13H2,1-2H3,(H,21,24). The molecule has 0 aliphatic carbocycles. The van der Waals surface area contributed by atoms with Crippen LogP contribution in [-0.2, 0) is 16.1 Å². The topological polar surface area (TPSA) is 94.9 Å². The van der Waals surface area contributed by atoms with E-state index in [9.17, 15) is 14.9 Å². The highest BCUT2D eigenvalue weighted by Gasteiger charge is 2.21. The van der Waals surface area contributed by atoms with E-state index in [0.29, 0.717) is 39.3 Å². The highest BCUT2D eigenvalue weighted by molar-refractivity contribution is 5.97. The molecule has 0 atom stereocenters. The van der Waals surface area contributed by atoms with Crippen LogP contribution in [0.3, 0.4) is 0 Å². The summed E-state index contributed by atoms with van der Waals surface area (Å²) in [6.45, 7) is 4.47. The molecule has 27 heavy (non-hydrogen) atoms.